The van der Waals surface area contributed by atoms with Crippen LogP contribution in [0.3, 0.4) is 0 Å². The lowest BCUT2D eigenvalue weighted by molar-refractivity contribution is 0.215. The first-order valence-corrected chi connectivity index (χ1v) is 12.6. The molecule has 0 heterocycles. The van der Waals surface area contributed by atoms with Crippen molar-refractivity contribution in [2.75, 3.05) is 57.7 Å². The Hall–Kier alpha value is 1.12. The van der Waals surface area contributed by atoms with E-state index in [0.29, 0.717) is 19.1 Å². The average molecular weight is 405 g/mol. The molecule has 0 aromatic carbocycles. The van der Waals surface area contributed by atoms with Crippen LogP contribution in [-0.2, 0) is 13.6 Å². The molecular formula is C14H33N2O3PS3. The van der Waals surface area contributed by atoms with Crippen molar-refractivity contribution in [3.63, 3.8) is 0 Å². The zero-order chi connectivity index (χ0) is 17.4. The van der Waals surface area contributed by atoms with Gasteiger partial charge in [-0.2, -0.15) is 25.3 Å². The summed E-state index contributed by atoms with van der Waals surface area (Å²) < 4.78 is 24.1. The van der Waals surface area contributed by atoms with Gasteiger partial charge in [-0.05, 0) is 81.7 Å². The van der Waals surface area contributed by atoms with Crippen LogP contribution in [-0.4, -0.2) is 57.7 Å². The first-order valence-electron chi connectivity index (χ1n) is 8.16. The van der Waals surface area contributed by atoms with E-state index in [0.717, 1.165) is 56.0 Å². The molecule has 0 bridgehead atoms. The second-order valence-corrected chi connectivity index (χ2v) is 10.3. The van der Waals surface area contributed by atoms with Crippen LogP contribution in [0.15, 0.2) is 0 Å². The van der Waals surface area contributed by atoms with E-state index in [4.69, 9.17) is 9.05 Å². The monoisotopic (exact) mass is 404 g/mol. The van der Waals surface area contributed by atoms with Gasteiger partial charge in [0.25, 0.3) is 0 Å². The summed E-state index contributed by atoms with van der Waals surface area (Å²) in [6.45, 7) is -0.436. The van der Waals surface area contributed by atoms with Crippen molar-refractivity contribution >= 4 is 43.4 Å². The Morgan fingerprint density at radius 3 is 1.83 bits per heavy atom. The van der Waals surface area contributed by atoms with Gasteiger partial charge in [0.05, 0.1) is 13.2 Å². The number of nitrogens with one attached hydrogen (secondary N) is 2. The minimum Gasteiger partial charge on any atom is -0.319 e. The summed E-state index contributed by atoms with van der Waals surface area (Å²) in [6, 6.07) is 0. The van der Waals surface area contributed by atoms with Gasteiger partial charge in [-0.1, -0.05) is 0 Å². The molecule has 0 aliphatic carbocycles. The minimum absolute atomic E-state index is 0.380. The van der Waals surface area contributed by atoms with Crippen molar-refractivity contribution in [2.24, 2.45) is 5.92 Å². The van der Waals surface area contributed by atoms with Crippen molar-refractivity contribution < 1.29 is 13.6 Å². The first-order chi connectivity index (χ1) is 11.1. The zero-order valence-corrected chi connectivity index (χ0v) is 17.8. The third-order valence-electron chi connectivity index (χ3n) is 3.06. The van der Waals surface area contributed by atoms with Gasteiger partial charge < -0.3 is 19.7 Å². The fraction of sp³-hybridized carbons (Fsp3) is 1.00. The molecule has 2 N–H and O–H groups in total. The van der Waals surface area contributed by atoms with Gasteiger partial charge in [-0.3, -0.25) is 0 Å². The fourth-order valence-electron chi connectivity index (χ4n) is 1.86. The van der Waals surface area contributed by atoms with Crippen LogP contribution in [0.4, 0.5) is 0 Å². The maximum Gasteiger partial charge on any atom is 0.389 e. The highest BCUT2D eigenvalue weighted by atomic mass is 32.7. The predicted octanol–water partition coefficient (Wildman–Crippen LogP) is 3.34. The summed E-state index contributed by atoms with van der Waals surface area (Å²) in [6.07, 6.45) is 3.61. The second-order valence-electron chi connectivity index (χ2n) is 5.25. The highest BCUT2D eigenvalue weighted by Gasteiger charge is 2.27. The summed E-state index contributed by atoms with van der Waals surface area (Å²) in [7, 11) is 3.85. The smallest absolute Gasteiger partial charge is 0.319 e. The van der Waals surface area contributed by atoms with Crippen LogP contribution in [0, 0.1) is 5.92 Å². The van der Waals surface area contributed by atoms with Gasteiger partial charge in [-0.25, -0.2) is 4.57 Å². The van der Waals surface area contributed by atoms with E-state index in [1.165, 1.54) is 11.4 Å². The standard InChI is InChI=1S/C14H33N2O3PS3/c1-15-11-14(12-16-2)13-23-20(17,18-7-3-5-9-21)19-8-4-6-10-22/h14-16,21-22H,3-13H2,1-2H3. The lowest BCUT2D eigenvalue weighted by Gasteiger charge is -2.21. The van der Waals surface area contributed by atoms with Gasteiger partial charge in [0.2, 0.25) is 0 Å². The van der Waals surface area contributed by atoms with E-state index < -0.39 is 6.80 Å². The average Bonchev–Trinajstić information content (AvgIpc) is 2.54. The highest BCUT2D eigenvalue weighted by Crippen LogP contribution is 2.61. The lowest BCUT2D eigenvalue weighted by atomic mass is 10.2. The highest BCUT2D eigenvalue weighted by molar-refractivity contribution is 8.55. The molecule has 0 spiro atoms. The number of hydrogen-bond acceptors (Lipinski definition) is 8. The van der Waals surface area contributed by atoms with E-state index in [1.807, 2.05) is 14.1 Å². The predicted molar refractivity (Wildman–Crippen MR) is 109 cm³/mol. The summed E-state index contributed by atoms with van der Waals surface area (Å²) in [5.41, 5.74) is 0. The Morgan fingerprint density at radius 1 is 0.957 bits per heavy atom. The number of hydrogen-bond donors (Lipinski definition) is 4. The molecule has 0 amide bonds. The Labute approximate surface area is 156 Å². The molecule has 140 valence electrons. The fourth-order valence-corrected chi connectivity index (χ4v) is 5.94. The second kappa shape index (κ2) is 16.6. The van der Waals surface area contributed by atoms with Crippen molar-refractivity contribution in [1.29, 1.82) is 0 Å². The molecule has 0 fully saturated rings. The zero-order valence-electron chi connectivity index (χ0n) is 14.3. The van der Waals surface area contributed by atoms with Crippen molar-refractivity contribution in [2.45, 2.75) is 25.7 Å². The normalized spacial score (nSPS) is 12.2. The van der Waals surface area contributed by atoms with Crippen molar-refractivity contribution in [1.82, 2.24) is 10.6 Å². The van der Waals surface area contributed by atoms with E-state index in [1.54, 1.807) is 0 Å². The molecule has 0 unspecified atom stereocenters. The van der Waals surface area contributed by atoms with Gasteiger partial charge in [0, 0.05) is 5.75 Å². The van der Waals surface area contributed by atoms with Gasteiger partial charge >= 0.3 is 6.80 Å². The topological polar surface area (TPSA) is 59.6 Å². The van der Waals surface area contributed by atoms with Crippen LogP contribution in [0.2, 0.25) is 0 Å². The Kier molecular flexibility index (Phi) is 17.4. The van der Waals surface area contributed by atoms with E-state index >= 15 is 0 Å². The summed E-state index contributed by atoms with van der Waals surface area (Å²) in [5, 5.41) is 6.33. The summed E-state index contributed by atoms with van der Waals surface area (Å²) >= 11 is 9.68. The summed E-state index contributed by atoms with van der Waals surface area (Å²) in [4.78, 5) is 0. The third kappa shape index (κ3) is 14.0. The first kappa shape index (κ1) is 24.1. The number of thiol groups is 2. The number of unbranched alkanes of at least 4 members (excludes halogenated alkanes) is 2. The van der Waals surface area contributed by atoms with E-state index in [9.17, 15) is 4.57 Å². The Balaban J connectivity index is 4.39. The Bertz CT molecular complexity index is 293. The third-order valence-corrected chi connectivity index (χ3v) is 7.65. The lowest BCUT2D eigenvalue weighted by Crippen LogP contribution is -2.29. The molecule has 23 heavy (non-hydrogen) atoms. The molecule has 0 saturated heterocycles. The molecular weight excluding hydrogens is 371 g/mol. The van der Waals surface area contributed by atoms with Crippen LogP contribution in [0.25, 0.3) is 0 Å². The van der Waals surface area contributed by atoms with Crippen LogP contribution < -0.4 is 10.6 Å². The SMILES string of the molecule is CNCC(CNC)CSP(=O)(OCCCCS)OCCCCS. The molecule has 5 nitrogen and oxygen atoms in total. The summed E-state index contributed by atoms with van der Waals surface area (Å²) in [5.74, 6) is 2.75. The van der Waals surface area contributed by atoms with Crippen LogP contribution in [0.1, 0.15) is 25.7 Å². The maximum absolute atomic E-state index is 12.9. The molecule has 0 aliphatic rings. The molecule has 0 atom stereocenters. The van der Waals surface area contributed by atoms with E-state index in [2.05, 4.69) is 35.9 Å². The van der Waals surface area contributed by atoms with Crippen LogP contribution in [0.5, 0.6) is 0 Å². The maximum atomic E-state index is 12.9. The molecule has 0 rings (SSSR count). The molecule has 0 aromatic heterocycles. The van der Waals surface area contributed by atoms with Crippen molar-refractivity contribution in [3.8, 4) is 0 Å². The largest absolute Gasteiger partial charge is 0.389 e. The molecule has 0 aromatic rings. The Morgan fingerprint density at radius 2 is 1.43 bits per heavy atom. The van der Waals surface area contributed by atoms with Crippen molar-refractivity contribution in [3.05, 3.63) is 0 Å². The molecule has 9 heteroatoms. The minimum atomic E-state index is -3.09. The molecule has 0 saturated carbocycles. The van der Waals surface area contributed by atoms with Gasteiger partial charge in [0.1, 0.15) is 0 Å². The quantitative estimate of drug-likeness (QED) is 0.169. The van der Waals surface area contributed by atoms with Gasteiger partial charge in [0.15, 0.2) is 0 Å². The van der Waals surface area contributed by atoms with Crippen LogP contribution >= 0.6 is 43.4 Å². The number of rotatable bonds is 17. The van der Waals surface area contributed by atoms with E-state index in [-0.39, 0.29) is 0 Å². The molecule has 0 aliphatic heterocycles. The molecule has 0 radical (unpaired) electrons. The van der Waals surface area contributed by atoms with Gasteiger partial charge in [-0.15, -0.1) is 0 Å².